The van der Waals surface area contributed by atoms with Gasteiger partial charge in [-0.2, -0.15) is 67.1 Å². The van der Waals surface area contributed by atoms with Crippen molar-refractivity contribution < 1.29 is 76.7 Å². The molecule has 2 atom stereocenters. The Morgan fingerprint density at radius 1 is 0.775 bits per heavy atom. The number of carbonyl (C=O) groups excluding carboxylic acids is 3. The fourth-order valence-corrected chi connectivity index (χ4v) is 8.72. The molecule has 2 saturated heterocycles. The predicted octanol–water partition coefficient (Wildman–Crippen LogP) is 3.76. The summed E-state index contributed by atoms with van der Waals surface area (Å²) in [7, 11) is -6.14. The maximum Gasteiger partial charge on any atom is 0.490 e. The summed E-state index contributed by atoms with van der Waals surface area (Å²) in [6, 6.07) is 0. The Hall–Kier alpha value is -1.54. The van der Waals surface area contributed by atoms with Gasteiger partial charge in [-0.15, -0.1) is 0 Å². The molecule has 4 aliphatic rings. The van der Waals surface area contributed by atoms with E-state index >= 15 is 0 Å². The Morgan fingerprint density at radius 3 is 1.57 bits per heavy atom. The number of hydrogen-bond donors (Lipinski definition) is 1. The van der Waals surface area contributed by atoms with E-state index in [2.05, 4.69) is 9.47 Å². The van der Waals surface area contributed by atoms with Crippen LogP contribution in [-0.2, 0) is 38.7 Å². The minimum absolute atomic E-state index is 0.0892. The topological polar surface area (TPSA) is 133 Å². The van der Waals surface area contributed by atoms with Gasteiger partial charge in [-0.25, -0.2) is 14.4 Å². The maximum atomic E-state index is 13.9. The zero-order valence-electron chi connectivity index (χ0n) is 20.1. The summed E-state index contributed by atoms with van der Waals surface area (Å²) >= 11 is 1.92. The van der Waals surface area contributed by atoms with E-state index in [1.165, 1.54) is 0 Å². The van der Waals surface area contributed by atoms with Gasteiger partial charge in [0.25, 0.3) is 0 Å². The molecular weight excluding hydrogens is 632 g/mol. The van der Waals surface area contributed by atoms with Gasteiger partial charge in [-0.05, 0) is 38.0 Å². The van der Waals surface area contributed by atoms with E-state index in [1.54, 1.807) is 0 Å². The van der Waals surface area contributed by atoms with Gasteiger partial charge in [0.05, 0.1) is 5.41 Å². The number of hydrogen-bond acceptors (Lipinski definition) is 10. The van der Waals surface area contributed by atoms with Crippen LogP contribution in [0.15, 0.2) is 0 Å². The Kier molecular flexibility index (Phi) is 9.29. The molecule has 2 unspecified atom stereocenters. The molecule has 230 valence electrons. The van der Waals surface area contributed by atoms with E-state index in [9.17, 15) is 57.9 Å². The fraction of sp³-hybridized carbons (Fsp3) is 0.850. The first-order valence-electron chi connectivity index (χ1n) is 11.4. The first-order valence-corrected chi connectivity index (χ1v) is 14.9. The number of thioether (sulfide) groups is 2. The average molecular weight is 655 g/mol. The molecule has 0 radical (unpaired) electrons. The fourth-order valence-electron chi connectivity index (χ4n) is 4.96. The molecule has 1 N–H and O–H groups in total. The number of rotatable bonds is 7. The van der Waals surface area contributed by atoms with Gasteiger partial charge in [-0.1, -0.05) is 0 Å². The van der Waals surface area contributed by atoms with E-state index in [1.807, 2.05) is 0 Å². The first kappa shape index (κ1) is 33.0. The van der Waals surface area contributed by atoms with Gasteiger partial charge in [0.2, 0.25) is 0 Å². The van der Waals surface area contributed by atoms with Gasteiger partial charge in [0.15, 0.2) is 0 Å². The molecule has 2 aliphatic heterocycles. The molecule has 2 heterocycles. The lowest BCUT2D eigenvalue weighted by atomic mass is 9.68. The van der Waals surface area contributed by atoms with E-state index in [0.29, 0.717) is 12.8 Å². The van der Waals surface area contributed by atoms with Crippen LogP contribution in [0.5, 0.6) is 0 Å². The van der Waals surface area contributed by atoms with Crippen LogP contribution in [-0.4, -0.2) is 89.3 Å². The normalized spacial score (nSPS) is 29.0. The summed E-state index contributed by atoms with van der Waals surface area (Å²) in [6.07, 6.45) is -10.2. The van der Waals surface area contributed by atoms with Crippen LogP contribution in [0.1, 0.15) is 32.1 Å². The lowest BCUT2D eigenvalue weighted by Crippen LogP contribution is -2.54. The van der Waals surface area contributed by atoms with Crippen LogP contribution < -0.4 is 0 Å². The van der Waals surface area contributed by atoms with E-state index in [-0.39, 0.29) is 36.7 Å². The minimum atomic E-state index is -6.14. The molecule has 0 aromatic rings. The van der Waals surface area contributed by atoms with Crippen LogP contribution in [0.4, 0.5) is 35.1 Å². The van der Waals surface area contributed by atoms with E-state index in [4.69, 9.17) is 9.29 Å². The van der Waals surface area contributed by atoms with Crippen LogP contribution in [0.3, 0.4) is 0 Å². The van der Waals surface area contributed by atoms with Crippen molar-refractivity contribution in [2.45, 2.75) is 65.8 Å². The number of esters is 3. The number of fused-ring (bicyclic) bond motifs is 4. The smallest absolute Gasteiger partial charge is 0.458 e. The van der Waals surface area contributed by atoms with Gasteiger partial charge < -0.3 is 14.2 Å². The molecule has 0 aromatic heterocycles. The molecule has 0 aromatic carbocycles. The molecule has 2 aliphatic carbocycles. The molecular formula is C20H22F8O9S3. The SMILES string of the molecule is O=C(OCC1(COC(=O)C(F)(F)F)CSC2CC3CC(CC(OC(=O)C(F)(F)S(=O)(=O)O)(C3)C2)SC1)C(F)(F)F. The quantitative estimate of drug-likeness (QED) is 0.186. The zero-order valence-corrected chi connectivity index (χ0v) is 22.5. The van der Waals surface area contributed by atoms with Gasteiger partial charge in [0.1, 0.15) is 18.8 Å². The van der Waals surface area contributed by atoms with Gasteiger partial charge in [-0.3, -0.25) is 4.55 Å². The highest BCUT2D eigenvalue weighted by molar-refractivity contribution is 8.00. The zero-order chi connectivity index (χ0) is 30.4. The summed E-state index contributed by atoms with van der Waals surface area (Å²) in [5.41, 5.74) is -3.29. The van der Waals surface area contributed by atoms with Gasteiger partial charge >= 0.3 is 45.6 Å². The third-order valence-corrected chi connectivity index (χ3v) is 10.7. The summed E-state index contributed by atoms with van der Waals surface area (Å²) in [6.45, 7) is -2.11. The molecule has 2 saturated carbocycles. The van der Waals surface area contributed by atoms with Crippen molar-refractivity contribution >= 4 is 51.5 Å². The number of carbonyl (C=O) groups is 3. The molecule has 4 fully saturated rings. The molecule has 4 bridgehead atoms. The molecule has 0 amide bonds. The van der Waals surface area contributed by atoms with Gasteiger partial charge in [0, 0.05) is 22.0 Å². The third-order valence-electron chi connectivity index (χ3n) is 6.66. The highest BCUT2D eigenvalue weighted by Gasteiger charge is 2.59. The van der Waals surface area contributed by atoms with Crippen molar-refractivity contribution in [1.29, 1.82) is 0 Å². The van der Waals surface area contributed by atoms with Crippen LogP contribution >= 0.6 is 23.5 Å². The lowest BCUT2D eigenvalue weighted by molar-refractivity contribution is -0.208. The van der Waals surface area contributed by atoms with Crippen molar-refractivity contribution in [2.75, 3.05) is 24.7 Å². The molecule has 0 spiro atoms. The molecule has 20 heteroatoms. The second kappa shape index (κ2) is 11.3. The molecule has 4 rings (SSSR count). The molecule has 9 nitrogen and oxygen atoms in total. The first-order chi connectivity index (χ1) is 18.1. The summed E-state index contributed by atoms with van der Waals surface area (Å²) < 4.78 is 149. The Morgan fingerprint density at radius 2 is 1.20 bits per heavy atom. The Bertz CT molecular complexity index is 1060. The Balaban J connectivity index is 1.85. The third kappa shape index (κ3) is 7.64. The lowest BCUT2D eigenvalue weighted by Gasteiger charge is -2.51. The summed E-state index contributed by atoms with van der Waals surface area (Å²) in [5.74, 6) is -8.50. The van der Waals surface area contributed by atoms with Crippen LogP contribution in [0.2, 0.25) is 0 Å². The number of halogens is 8. The van der Waals surface area contributed by atoms with E-state index in [0.717, 1.165) is 23.5 Å². The van der Waals surface area contributed by atoms with Crippen molar-refractivity contribution in [3.8, 4) is 0 Å². The van der Waals surface area contributed by atoms with Crippen molar-refractivity contribution in [2.24, 2.45) is 11.3 Å². The van der Waals surface area contributed by atoms with Crippen molar-refractivity contribution in [1.82, 2.24) is 0 Å². The van der Waals surface area contributed by atoms with Crippen LogP contribution in [0.25, 0.3) is 0 Å². The van der Waals surface area contributed by atoms with E-state index < -0.39 is 80.4 Å². The largest absolute Gasteiger partial charge is 0.490 e. The van der Waals surface area contributed by atoms with Crippen molar-refractivity contribution in [3.63, 3.8) is 0 Å². The number of alkyl halides is 8. The summed E-state index contributed by atoms with van der Waals surface area (Å²) in [4.78, 5) is 34.8. The second-order valence-corrected chi connectivity index (χ2v) is 14.1. The highest BCUT2D eigenvalue weighted by Crippen LogP contribution is 2.54. The predicted molar refractivity (Wildman–Crippen MR) is 121 cm³/mol. The molecule has 40 heavy (non-hydrogen) atoms. The highest BCUT2D eigenvalue weighted by atomic mass is 32.2. The van der Waals surface area contributed by atoms with Crippen LogP contribution in [0, 0.1) is 11.3 Å². The number of ether oxygens (including phenoxy) is 3. The van der Waals surface area contributed by atoms with Crippen molar-refractivity contribution in [3.05, 3.63) is 0 Å². The Labute approximate surface area is 230 Å². The maximum absolute atomic E-state index is 13.9. The standard InChI is InChI=1S/C20H22F8O9S3/c21-18(22,23)13(29)35-6-16(7-36-14(30)19(24,25)26)8-38-11-1-10-2-12(39-9-16)5-17(3-10,4-11)37-15(31)20(27,28)40(32,33)34/h10-12H,1-9H2,(H,32,33,34). The second-order valence-electron chi connectivity index (χ2n) is 10.0. The summed E-state index contributed by atoms with van der Waals surface area (Å²) in [5, 5.41) is -6.37. The monoisotopic (exact) mass is 654 g/mol. The average Bonchev–Trinajstić information content (AvgIpc) is 2.79. The minimum Gasteiger partial charge on any atom is -0.458 e.